The molecule has 0 aliphatic carbocycles. The molecule has 2 unspecified atom stereocenters. The average Bonchev–Trinajstić information content (AvgIpc) is 2.42. The third-order valence-corrected chi connectivity index (χ3v) is 4.68. The van der Waals surface area contributed by atoms with E-state index < -0.39 is 11.7 Å². The number of rotatable bonds is 4. The van der Waals surface area contributed by atoms with Gasteiger partial charge in [-0.2, -0.15) is 13.2 Å². The third-order valence-electron chi connectivity index (χ3n) is 3.70. The monoisotopic (exact) mass is 318 g/mol. The average molecular weight is 318 g/mol. The Bertz CT molecular complexity index is 464. The van der Waals surface area contributed by atoms with E-state index in [0.29, 0.717) is 17.0 Å². The first-order valence-corrected chi connectivity index (χ1v) is 8.12. The van der Waals surface area contributed by atoms with Crippen LogP contribution in [0.3, 0.4) is 0 Å². The number of hydrogen-bond acceptors (Lipinski definition) is 3. The molecule has 2 atom stereocenters. The van der Waals surface area contributed by atoms with Gasteiger partial charge in [-0.15, -0.1) is 11.8 Å². The lowest BCUT2D eigenvalue weighted by molar-refractivity contribution is -0.137. The van der Waals surface area contributed by atoms with Crippen LogP contribution < -0.4 is 5.32 Å². The highest BCUT2D eigenvalue weighted by atomic mass is 32.2. The van der Waals surface area contributed by atoms with Gasteiger partial charge in [0.1, 0.15) is 0 Å². The fourth-order valence-corrected chi connectivity index (χ4v) is 3.40. The Hall–Kier alpha value is -0.720. The second-order valence-corrected chi connectivity index (χ2v) is 6.70. The number of piperazine rings is 1. The standard InChI is InChI=1S/C15H21F3N2S/c1-11-10-20(12(2)9-19-11)6-7-21-14-5-3-4-13(8-14)15(16,17)18/h3-5,8,11-12,19H,6-7,9-10H2,1-2H3. The minimum Gasteiger partial charge on any atom is -0.311 e. The highest BCUT2D eigenvalue weighted by molar-refractivity contribution is 7.99. The summed E-state index contributed by atoms with van der Waals surface area (Å²) in [4.78, 5) is 3.07. The lowest BCUT2D eigenvalue weighted by Gasteiger charge is -2.37. The molecule has 0 saturated carbocycles. The molecule has 1 saturated heterocycles. The molecule has 0 radical (unpaired) electrons. The minimum atomic E-state index is -4.26. The summed E-state index contributed by atoms with van der Waals surface area (Å²) in [5.41, 5.74) is -0.573. The lowest BCUT2D eigenvalue weighted by Crippen LogP contribution is -2.54. The van der Waals surface area contributed by atoms with Crippen LogP contribution in [-0.4, -0.2) is 42.4 Å². The van der Waals surface area contributed by atoms with Gasteiger partial charge in [-0.25, -0.2) is 0 Å². The van der Waals surface area contributed by atoms with Gasteiger partial charge in [0.15, 0.2) is 0 Å². The van der Waals surface area contributed by atoms with Gasteiger partial charge in [-0.3, -0.25) is 4.90 Å². The highest BCUT2D eigenvalue weighted by Gasteiger charge is 2.30. The third kappa shape index (κ3) is 4.90. The Kier molecular flexibility index (Phi) is 5.57. The van der Waals surface area contributed by atoms with Crippen molar-refractivity contribution in [3.8, 4) is 0 Å². The molecule has 0 spiro atoms. The molecule has 6 heteroatoms. The van der Waals surface area contributed by atoms with E-state index in [0.717, 1.165) is 31.5 Å². The number of benzene rings is 1. The molecule has 1 aliphatic rings. The van der Waals surface area contributed by atoms with E-state index in [1.807, 2.05) is 0 Å². The van der Waals surface area contributed by atoms with Gasteiger partial charge in [0.2, 0.25) is 0 Å². The molecule has 0 amide bonds. The minimum absolute atomic E-state index is 0.472. The SMILES string of the molecule is CC1CN(CCSc2cccc(C(F)(F)F)c2)C(C)CN1. The van der Waals surface area contributed by atoms with Crippen molar-refractivity contribution in [3.05, 3.63) is 29.8 Å². The summed E-state index contributed by atoms with van der Waals surface area (Å²) in [6, 6.07) is 6.51. The second kappa shape index (κ2) is 7.03. The van der Waals surface area contributed by atoms with Crippen LogP contribution in [0.15, 0.2) is 29.2 Å². The summed E-state index contributed by atoms with van der Waals surface area (Å²) in [7, 11) is 0. The van der Waals surface area contributed by atoms with Crippen molar-refractivity contribution in [1.82, 2.24) is 10.2 Å². The molecule has 1 N–H and O–H groups in total. The molecule has 2 rings (SSSR count). The van der Waals surface area contributed by atoms with Crippen molar-refractivity contribution in [1.29, 1.82) is 0 Å². The van der Waals surface area contributed by atoms with Crippen LogP contribution in [0.1, 0.15) is 19.4 Å². The lowest BCUT2D eigenvalue weighted by atomic mass is 10.1. The summed E-state index contributed by atoms with van der Waals surface area (Å²) in [6.07, 6.45) is -4.26. The fraction of sp³-hybridized carbons (Fsp3) is 0.600. The van der Waals surface area contributed by atoms with Crippen LogP contribution in [-0.2, 0) is 6.18 Å². The van der Waals surface area contributed by atoms with Gasteiger partial charge in [0.25, 0.3) is 0 Å². The molecular formula is C15H21F3N2S. The van der Waals surface area contributed by atoms with Crippen LogP contribution in [0, 0.1) is 0 Å². The first-order valence-electron chi connectivity index (χ1n) is 7.14. The van der Waals surface area contributed by atoms with Crippen molar-refractivity contribution in [2.24, 2.45) is 0 Å². The molecule has 1 aliphatic heterocycles. The first-order chi connectivity index (χ1) is 9.86. The van der Waals surface area contributed by atoms with E-state index in [1.165, 1.54) is 23.9 Å². The maximum absolute atomic E-state index is 12.7. The number of halogens is 3. The Morgan fingerprint density at radius 1 is 1.33 bits per heavy atom. The predicted molar refractivity (Wildman–Crippen MR) is 80.7 cm³/mol. The number of alkyl halides is 3. The molecule has 21 heavy (non-hydrogen) atoms. The molecule has 0 bridgehead atoms. The van der Waals surface area contributed by atoms with E-state index in [4.69, 9.17) is 0 Å². The fourth-order valence-electron chi connectivity index (χ4n) is 2.45. The second-order valence-electron chi connectivity index (χ2n) is 5.53. The van der Waals surface area contributed by atoms with Gasteiger partial charge in [-0.05, 0) is 32.0 Å². The van der Waals surface area contributed by atoms with Crippen molar-refractivity contribution in [2.75, 3.05) is 25.4 Å². The highest BCUT2D eigenvalue weighted by Crippen LogP contribution is 2.31. The van der Waals surface area contributed by atoms with Gasteiger partial charge in [0.05, 0.1) is 5.56 Å². The van der Waals surface area contributed by atoms with Gasteiger partial charge in [0, 0.05) is 42.4 Å². The zero-order chi connectivity index (χ0) is 15.5. The van der Waals surface area contributed by atoms with Gasteiger partial charge >= 0.3 is 6.18 Å². The number of nitrogens with one attached hydrogen (secondary N) is 1. The van der Waals surface area contributed by atoms with Crippen LogP contribution in [0.2, 0.25) is 0 Å². The van der Waals surface area contributed by atoms with E-state index in [9.17, 15) is 13.2 Å². The molecule has 118 valence electrons. The number of thioether (sulfide) groups is 1. The molecule has 1 fully saturated rings. The summed E-state index contributed by atoms with van der Waals surface area (Å²) in [5, 5.41) is 3.42. The zero-order valence-electron chi connectivity index (χ0n) is 12.3. The van der Waals surface area contributed by atoms with E-state index in [2.05, 4.69) is 24.1 Å². The van der Waals surface area contributed by atoms with Crippen LogP contribution in [0.25, 0.3) is 0 Å². The van der Waals surface area contributed by atoms with Crippen molar-refractivity contribution >= 4 is 11.8 Å². The van der Waals surface area contributed by atoms with E-state index in [-0.39, 0.29) is 0 Å². The van der Waals surface area contributed by atoms with Crippen molar-refractivity contribution < 1.29 is 13.2 Å². The molecule has 2 nitrogen and oxygen atoms in total. The number of hydrogen-bond donors (Lipinski definition) is 1. The Labute approximate surface area is 128 Å². The van der Waals surface area contributed by atoms with E-state index >= 15 is 0 Å². The molecule has 1 heterocycles. The van der Waals surface area contributed by atoms with Gasteiger partial charge in [-0.1, -0.05) is 6.07 Å². The molecule has 1 aromatic carbocycles. The zero-order valence-corrected chi connectivity index (χ0v) is 13.1. The normalized spacial score (nSPS) is 24.2. The topological polar surface area (TPSA) is 15.3 Å². The first kappa shape index (κ1) is 16.6. The Morgan fingerprint density at radius 2 is 2.10 bits per heavy atom. The quantitative estimate of drug-likeness (QED) is 0.856. The van der Waals surface area contributed by atoms with Crippen LogP contribution >= 0.6 is 11.8 Å². The van der Waals surface area contributed by atoms with Gasteiger partial charge < -0.3 is 5.32 Å². The molecule has 0 aromatic heterocycles. The molecular weight excluding hydrogens is 297 g/mol. The summed E-state index contributed by atoms with van der Waals surface area (Å²) < 4.78 is 38.0. The summed E-state index contributed by atoms with van der Waals surface area (Å²) >= 11 is 1.49. The van der Waals surface area contributed by atoms with Crippen molar-refractivity contribution in [3.63, 3.8) is 0 Å². The van der Waals surface area contributed by atoms with E-state index in [1.54, 1.807) is 6.07 Å². The Morgan fingerprint density at radius 3 is 2.81 bits per heavy atom. The Balaban J connectivity index is 1.86. The smallest absolute Gasteiger partial charge is 0.311 e. The predicted octanol–water partition coefficient (Wildman–Crippen LogP) is 3.48. The largest absolute Gasteiger partial charge is 0.416 e. The molecule has 1 aromatic rings. The summed E-state index contributed by atoms with van der Waals surface area (Å²) in [5.74, 6) is 0.804. The van der Waals surface area contributed by atoms with Crippen LogP contribution in [0.5, 0.6) is 0 Å². The summed E-state index contributed by atoms with van der Waals surface area (Å²) in [6.45, 7) is 7.18. The maximum Gasteiger partial charge on any atom is 0.416 e. The van der Waals surface area contributed by atoms with Crippen LogP contribution in [0.4, 0.5) is 13.2 Å². The van der Waals surface area contributed by atoms with Crippen molar-refractivity contribution in [2.45, 2.75) is 37.0 Å². The number of nitrogens with zero attached hydrogens (tertiary/aromatic N) is 1. The maximum atomic E-state index is 12.7.